The number of hydrogen-bond acceptors (Lipinski definition) is 2. The van der Waals surface area contributed by atoms with Gasteiger partial charge in [-0.15, -0.1) is 0 Å². The van der Waals surface area contributed by atoms with Gasteiger partial charge in [0.2, 0.25) is 5.91 Å². The summed E-state index contributed by atoms with van der Waals surface area (Å²) < 4.78 is 0.869. The third-order valence-electron chi connectivity index (χ3n) is 2.74. The van der Waals surface area contributed by atoms with Crippen LogP contribution in [0.15, 0.2) is 18.2 Å². The molecular weight excluding hydrogens is 331 g/mol. The van der Waals surface area contributed by atoms with Crippen LogP contribution in [-0.2, 0) is 4.79 Å². The summed E-state index contributed by atoms with van der Waals surface area (Å²) in [7, 11) is 0. The molecule has 1 unspecified atom stereocenters. The van der Waals surface area contributed by atoms with Crippen LogP contribution in [0.4, 0.5) is 5.69 Å². The zero-order valence-electron chi connectivity index (χ0n) is 9.58. The van der Waals surface area contributed by atoms with Gasteiger partial charge in [-0.1, -0.05) is 19.9 Å². The van der Waals surface area contributed by atoms with Crippen LogP contribution in [0, 0.1) is 9.49 Å². The second-order valence-corrected chi connectivity index (χ2v) is 5.51. The maximum atomic E-state index is 12.0. The Morgan fingerprint density at radius 1 is 1.29 bits per heavy atom. The van der Waals surface area contributed by atoms with Crippen LogP contribution in [0.25, 0.3) is 0 Å². The Hall–Kier alpha value is -1.11. The molecule has 0 aliphatic carbocycles. The third-order valence-corrected chi connectivity index (χ3v) is 3.64. The van der Waals surface area contributed by atoms with Crippen molar-refractivity contribution >= 4 is 40.1 Å². The lowest BCUT2D eigenvalue weighted by Gasteiger charge is -2.17. The summed E-state index contributed by atoms with van der Waals surface area (Å²) in [5.74, 6) is -0.294. The summed E-state index contributed by atoms with van der Waals surface area (Å²) in [4.78, 5) is 24.0. The number of amides is 2. The number of halogens is 1. The fourth-order valence-corrected chi connectivity index (χ4v) is 2.43. The molecule has 1 aliphatic heterocycles. The minimum absolute atomic E-state index is 0.0610. The Kier molecular flexibility index (Phi) is 3.37. The quantitative estimate of drug-likeness (QED) is 0.766. The van der Waals surface area contributed by atoms with Gasteiger partial charge in [-0.05, 0) is 40.6 Å². The van der Waals surface area contributed by atoms with Gasteiger partial charge < -0.3 is 10.6 Å². The van der Waals surface area contributed by atoms with Crippen molar-refractivity contribution in [3.8, 4) is 0 Å². The zero-order chi connectivity index (χ0) is 12.6. The average molecular weight is 344 g/mol. The number of carbonyl (C=O) groups excluding carboxylic acids is 2. The molecule has 4 nitrogen and oxygen atoms in total. The number of hydrogen-bond donors (Lipinski definition) is 2. The van der Waals surface area contributed by atoms with E-state index in [1.807, 2.05) is 26.0 Å². The fourth-order valence-electron chi connectivity index (χ4n) is 1.80. The SMILES string of the molecule is CC(C)C1NC(=O)c2cccc(I)c2NC1=O. The van der Waals surface area contributed by atoms with Crippen LogP contribution in [0.2, 0.25) is 0 Å². The van der Waals surface area contributed by atoms with E-state index >= 15 is 0 Å². The van der Waals surface area contributed by atoms with E-state index in [2.05, 4.69) is 33.2 Å². The molecule has 1 heterocycles. The largest absolute Gasteiger partial charge is 0.340 e. The summed E-state index contributed by atoms with van der Waals surface area (Å²) in [6.45, 7) is 3.82. The number of anilines is 1. The molecule has 2 amide bonds. The minimum Gasteiger partial charge on any atom is -0.340 e. The van der Waals surface area contributed by atoms with Crippen molar-refractivity contribution < 1.29 is 9.59 Å². The maximum Gasteiger partial charge on any atom is 0.254 e. The number of benzene rings is 1. The van der Waals surface area contributed by atoms with Gasteiger partial charge in [-0.3, -0.25) is 9.59 Å². The predicted octanol–water partition coefficient (Wildman–Crippen LogP) is 2.00. The maximum absolute atomic E-state index is 12.0. The molecule has 17 heavy (non-hydrogen) atoms. The molecule has 1 aliphatic rings. The van der Waals surface area contributed by atoms with Crippen molar-refractivity contribution in [2.24, 2.45) is 5.92 Å². The molecule has 0 aromatic heterocycles. The molecule has 1 atom stereocenters. The first kappa shape index (κ1) is 12.3. The summed E-state index contributed by atoms with van der Waals surface area (Å²) in [6.07, 6.45) is 0. The molecular formula is C12H13IN2O2. The Morgan fingerprint density at radius 2 is 2.00 bits per heavy atom. The van der Waals surface area contributed by atoms with Crippen molar-refractivity contribution in [2.75, 3.05) is 5.32 Å². The summed E-state index contributed by atoms with van der Waals surface area (Å²) >= 11 is 2.11. The Bertz CT molecular complexity index is 485. The summed E-state index contributed by atoms with van der Waals surface area (Å²) in [5, 5.41) is 5.58. The highest BCUT2D eigenvalue weighted by molar-refractivity contribution is 14.1. The van der Waals surface area contributed by atoms with E-state index in [0.29, 0.717) is 11.3 Å². The van der Waals surface area contributed by atoms with Crippen LogP contribution in [0.3, 0.4) is 0 Å². The first-order valence-electron chi connectivity index (χ1n) is 5.41. The predicted molar refractivity (Wildman–Crippen MR) is 73.9 cm³/mol. The van der Waals surface area contributed by atoms with Gasteiger partial charge in [-0.2, -0.15) is 0 Å². The van der Waals surface area contributed by atoms with Crippen molar-refractivity contribution in [1.82, 2.24) is 5.32 Å². The standard InChI is InChI=1S/C12H13IN2O2/c1-6(2)9-12(17)15-10-7(11(16)14-9)4-3-5-8(10)13/h3-6,9H,1-2H3,(H,14,16)(H,15,17). The van der Waals surface area contributed by atoms with E-state index in [4.69, 9.17) is 0 Å². The van der Waals surface area contributed by atoms with Crippen molar-refractivity contribution in [3.05, 3.63) is 27.3 Å². The van der Waals surface area contributed by atoms with Gasteiger partial charge in [0.05, 0.1) is 11.3 Å². The van der Waals surface area contributed by atoms with E-state index in [-0.39, 0.29) is 17.7 Å². The third kappa shape index (κ3) is 2.29. The number of nitrogens with one attached hydrogen (secondary N) is 2. The van der Waals surface area contributed by atoms with Gasteiger partial charge in [-0.25, -0.2) is 0 Å². The second-order valence-electron chi connectivity index (χ2n) is 4.35. The number of rotatable bonds is 1. The van der Waals surface area contributed by atoms with Gasteiger partial charge >= 0.3 is 0 Å². The smallest absolute Gasteiger partial charge is 0.254 e. The molecule has 0 bridgehead atoms. The first-order chi connectivity index (χ1) is 8.00. The second kappa shape index (κ2) is 4.64. The van der Waals surface area contributed by atoms with Crippen LogP contribution in [0.1, 0.15) is 24.2 Å². The van der Waals surface area contributed by atoms with Crippen LogP contribution in [0.5, 0.6) is 0 Å². The Morgan fingerprint density at radius 3 is 2.65 bits per heavy atom. The first-order valence-corrected chi connectivity index (χ1v) is 6.49. The van der Waals surface area contributed by atoms with Gasteiger partial charge in [0.15, 0.2) is 0 Å². The normalized spacial score (nSPS) is 19.4. The molecule has 1 aromatic rings. The Balaban J connectivity index is 2.47. The molecule has 0 fully saturated rings. The molecule has 5 heteroatoms. The van der Waals surface area contributed by atoms with Crippen LogP contribution < -0.4 is 10.6 Å². The highest BCUT2D eigenvalue weighted by Crippen LogP contribution is 2.25. The van der Waals surface area contributed by atoms with Crippen molar-refractivity contribution in [1.29, 1.82) is 0 Å². The van der Waals surface area contributed by atoms with Gasteiger partial charge in [0, 0.05) is 3.57 Å². The van der Waals surface area contributed by atoms with E-state index in [0.717, 1.165) is 3.57 Å². The molecule has 90 valence electrons. The zero-order valence-corrected chi connectivity index (χ0v) is 11.7. The average Bonchev–Trinajstić information content (AvgIpc) is 2.39. The lowest BCUT2D eigenvalue weighted by atomic mass is 10.0. The number of para-hydroxylation sites is 1. The molecule has 0 saturated heterocycles. The molecule has 1 aromatic carbocycles. The highest BCUT2D eigenvalue weighted by Gasteiger charge is 2.30. The fraction of sp³-hybridized carbons (Fsp3) is 0.333. The van der Waals surface area contributed by atoms with Gasteiger partial charge in [0.1, 0.15) is 6.04 Å². The molecule has 2 rings (SSSR count). The van der Waals surface area contributed by atoms with E-state index in [1.165, 1.54) is 0 Å². The summed E-state index contributed by atoms with van der Waals surface area (Å²) in [6, 6.07) is 4.91. The van der Waals surface area contributed by atoms with Crippen LogP contribution >= 0.6 is 22.6 Å². The van der Waals surface area contributed by atoms with Gasteiger partial charge in [0.25, 0.3) is 5.91 Å². The minimum atomic E-state index is -0.481. The van der Waals surface area contributed by atoms with Crippen molar-refractivity contribution in [2.45, 2.75) is 19.9 Å². The number of carbonyl (C=O) groups is 2. The highest BCUT2D eigenvalue weighted by atomic mass is 127. The lowest BCUT2D eigenvalue weighted by molar-refractivity contribution is -0.118. The molecule has 0 spiro atoms. The monoisotopic (exact) mass is 344 g/mol. The molecule has 2 N–H and O–H groups in total. The summed E-state index contributed by atoms with van der Waals surface area (Å²) in [5.41, 5.74) is 1.13. The Labute approximate surface area is 113 Å². The van der Waals surface area contributed by atoms with Crippen molar-refractivity contribution in [3.63, 3.8) is 0 Å². The van der Waals surface area contributed by atoms with E-state index < -0.39 is 6.04 Å². The van der Waals surface area contributed by atoms with E-state index in [1.54, 1.807) is 6.07 Å². The molecule has 0 saturated carbocycles. The number of fused-ring (bicyclic) bond motifs is 1. The van der Waals surface area contributed by atoms with Crippen LogP contribution in [-0.4, -0.2) is 17.9 Å². The topological polar surface area (TPSA) is 58.2 Å². The van der Waals surface area contributed by atoms with E-state index in [9.17, 15) is 9.59 Å². The molecule has 0 radical (unpaired) electrons. The lowest BCUT2D eigenvalue weighted by Crippen LogP contribution is -2.44.